The van der Waals surface area contributed by atoms with Gasteiger partial charge in [0.15, 0.2) is 17.7 Å². The maximum atomic E-state index is 13.9. The van der Waals surface area contributed by atoms with Gasteiger partial charge in [0.2, 0.25) is 0 Å². The fourth-order valence-electron chi connectivity index (χ4n) is 1.87. The lowest BCUT2D eigenvalue weighted by Crippen LogP contribution is -2.30. The van der Waals surface area contributed by atoms with Gasteiger partial charge in [0, 0.05) is 6.04 Å². The molecule has 1 aromatic rings. The summed E-state index contributed by atoms with van der Waals surface area (Å²) in [4.78, 5) is 11.7. The summed E-state index contributed by atoms with van der Waals surface area (Å²) < 4.78 is 24.4. The van der Waals surface area contributed by atoms with E-state index in [0.29, 0.717) is 18.4 Å². The van der Waals surface area contributed by atoms with Crippen LogP contribution in [0.2, 0.25) is 0 Å². The molecule has 1 aromatic carbocycles. The van der Waals surface area contributed by atoms with Crippen LogP contribution in [0.15, 0.2) is 18.2 Å². The number of nitrogens with two attached hydrogens (primary N) is 1. The van der Waals surface area contributed by atoms with E-state index in [2.05, 4.69) is 0 Å². The van der Waals surface area contributed by atoms with Crippen molar-refractivity contribution in [1.29, 1.82) is 0 Å². The van der Waals surface area contributed by atoms with Gasteiger partial charge in [-0.25, -0.2) is 9.18 Å². The molecule has 4 nitrogen and oxygen atoms in total. The van der Waals surface area contributed by atoms with Crippen molar-refractivity contribution in [2.45, 2.75) is 45.8 Å². The van der Waals surface area contributed by atoms with E-state index >= 15 is 0 Å². The van der Waals surface area contributed by atoms with Crippen LogP contribution in [-0.2, 0) is 16.0 Å². The molecule has 2 unspecified atom stereocenters. The molecular weight excluding hydrogens is 261 g/mol. The fourth-order valence-corrected chi connectivity index (χ4v) is 1.87. The highest BCUT2D eigenvalue weighted by molar-refractivity contribution is 5.75. The summed E-state index contributed by atoms with van der Waals surface area (Å²) >= 11 is 0. The third-order valence-corrected chi connectivity index (χ3v) is 2.77. The SMILES string of the molecule is CCOC(=O)C(CC)Oc1c(F)cccc1CC(C)N. The Morgan fingerprint density at radius 3 is 2.65 bits per heavy atom. The maximum Gasteiger partial charge on any atom is 0.347 e. The minimum absolute atomic E-state index is 0.0877. The van der Waals surface area contributed by atoms with E-state index in [4.69, 9.17) is 15.2 Å². The van der Waals surface area contributed by atoms with Crippen molar-refractivity contribution < 1.29 is 18.7 Å². The number of carbonyl (C=O) groups excluding carboxylic acids is 1. The number of rotatable bonds is 7. The van der Waals surface area contributed by atoms with Crippen LogP contribution in [0.1, 0.15) is 32.8 Å². The van der Waals surface area contributed by atoms with Crippen molar-refractivity contribution in [2.24, 2.45) is 5.73 Å². The minimum atomic E-state index is -0.807. The summed E-state index contributed by atoms with van der Waals surface area (Å²) in [6, 6.07) is 4.53. The first-order valence-corrected chi connectivity index (χ1v) is 6.85. The summed E-state index contributed by atoms with van der Waals surface area (Å²) in [5.74, 6) is -0.888. The summed E-state index contributed by atoms with van der Waals surface area (Å²) in [6.45, 7) is 5.60. The molecular formula is C15H22FNO3. The van der Waals surface area contributed by atoms with Gasteiger partial charge in [-0.1, -0.05) is 19.1 Å². The van der Waals surface area contributed by atoms with E-state index in [1.165, 1.54) is 6.07 Å². The largest absolute Gasteiger partial charge is 0.475 e. The van der Waals surface area contributed by atoms with Gasteiger partial charge in [-0.05, 0) is 38.3 Å². The van der Waals surface area contributed by atoms with Gasteiger partial charge in [0.1, 0.15) is 0 Å². The molecule has 0 radical (unpaired) electrons. The van der Waals surface area contributed by atoms with Crippen LogP contribution in [0.25, 0.3) is 0 Å². The lowest BCUT2D eigenvalue weighted by Gasteiger charge is -2.19. The zero-order valence-electron chi connectivity index (χ0n) is 12.2. The lowest BCUT2D eigenvalue weighted by molar-refractivity contribution is -0.151. The van der Waals surface area contributed by atoms with Crippen molar-refractivity contribution >= 4 is 5.97 Å². The van der Waals surface area contributed by atoms with Crippen LogP contribution in [-0.4, -0.2) is 24.7 Å². The molecule has 5 heteroatoms. The first-order valence-electron chi connectivity index (χ1n) is 6.85. The van der Waals surface area contributed by atoms with Crippen molar-refractivity contribution in [2.75, 3.05) is 6.61 Å². The Morgan fingerprint density at radius 1 is 1.40 bits per heavy atom. The second kappa shape index (κ2) is 7.85. The molecule has 0 aliphatic heterocycles. The van der Waals surface area contributed by atoms with E-state index in [1.807, 2.05) is 6.92 Å². The molecule has 0 spiro atoms. The number of hydrogen-bond donors (Lipinski definition) is 1. The second-order valence-electron chi connectivity index (χ2n) is 4.68. The summed E-state index contributed by atoms with van der Waals surface area (Å²) in [5, 5.41) is 0. The first kappa shape index (κ1) is 16.4. The highest BCUT2D eigenvalue weighted by Crippen LogP contribution is 2.25. The molecule has 0 bridgehead atoms. The van der Waals surface area contributed by atoms with Crippen LogP contribution < -0.4 is 10.5 Å². The second-order valence-corrected chi connectivity index (χ2v) is 4.68. The first-order chi connectivity index (χ1) is 9.49. The average molecular weight is 283 g/mol. The molecule has 0 aromatic heterocycles. The Kier molecular flexibility index (Phi) is 6.45. The topological polar surface area (TPSA) is 61.5 Å². The van der Waals surface area contributed by atoms with Crippen molar-refractivity contribution in [3.05, 3.63) is 29.6 Å². The number of hydrogen-bond acceptors (Lipinski definition) is 4. The molecule has 0 aliphatic rings. The highest BCUT2D eigenvalue weighted by Gasteiger charge is 2.23. The molecule has 20 heavy (non-hydrogen) atoms. The molecule has 0 aliphatic carbocycles. The number of halogens is 1. The zero-order valence-corrected chi connectivity index (χ0v) is 12.2. The quantitative estimate of drug-likeness (QED) is 0.781. The minimum Gasteiger partial charge on any atom is -0.475 e. The van der Waals surface area contributed by atoms with E-state index in [0.717, 1.165) is 0 Å². The van der Waals surface area contributed by atoms with E-state index in [1.54, 1.807) is 26.0 Å². The molecule has 0 saturated carbocycles. The van der Waals surface area contributed by atoms with Crippen LogP contribution in [0.4, 0.5) is 4.39 Å². The summed E-state index contributed by atoms with van der Waals surface area (Å²) in [5.41, 5.74) is 6.40. The molecule has 2 N–H and O–H groups in total. The number of carbonyl (C=O) groups is 1. The summed E-state index contributed by atoms with van der Waals surface area (Å²) in [7, 11) is 0. The van der Waals surface area contributed by atoms with E-state index in [9.17, 15) is 9.18 Å². The van der Waals surface area contributed by atoms with Crippen molar-refractivity contribution in [1.82, 2.24) is 0 Å². The molecule has 1 rings (SSSR count). The van der Waals surface area contributed by atoms with Gasteiger partial charge in [-0.3, -0.25) is 0 Å². The Balaban J connectivity index is 2.96. The Hall–Kier alpha value is -1.62. The van der Waals surface area contributed by atoms with Crippen LogP contribution in [0.3, 0.4) is 0 Å². The van der Waals surface area contributed by atoms with Gasteiger partial charge in [0.25, 0.3) is 0 Å². The van der Waals surface area contributed by atoms with E-state index < -0.39 is 17.9 Å². The van der Waals surface area contributed by atoms with Crippen LogP contribution >= 0.6 is 0 Å². The Morgan fingerprint density at radius 2 is 2.10 bits per heavy atom. The normalized spacial score (nSPS) is 13.7. The summed E-state index contributed by atoms with van der Waals surface area (Å²) in [6.07, 6.45) is 0.0793. The van der Waals surface area contributed by atoms with Gasteiger partial charge in [-0.2, -0.15) is 0 Å². The smallest absolute Gasteiger partial charge is 0.347 e. The third-order valence-electron chi connectivity index (χ3n) is 2.77. The van der Waals surface area contributed by atoms with E-state index in [-0.39, 0.29) is 18.4 Å². The monoisotopic (exact) mass is 283 g/mol. The maximum absolute atomic E-state index is 13.9. The van der Waals surface area contributed by atoms with Crippen molar-refractivity contribution in [3.63, 3.8) is 0 Å². The van der Waals surface area contributed by atoms with Gasteiger partial charge in [0.05, 0.1) is 6.61 Å². The Bertz CT molecular complexity index is 449. The molecule has 0 amide bonds. The van der Waals surface area contributed by atoms with Crippen LogP contribution in [0.5, 0.6) is 5.75 Å². The molecule has 0 fully saturated rings. The fraction of sp³-hybridized carbons (Fsp3) is 0.533. The third kappa shape index (κ3) is 4.49. The Labute approximate surface area is 119 Å². The molecule has 0 heterocycles. The lowest BCUT2D eigenvalue weighted by atomic mass is 10.1. The number of para-hydroxylation sites is 1. The van der Waals surface area contributed by atoms with Crippen LogP contribution in [0, 0.1) is 5.82 Å². The number of esters is 1. The van der Waals surface area contributed by atoms with Crippen molar-refractivity contribution in [3.8, 4) is 5.75 Å². The average Bonchev–Trinajstić information content (AvgIpc) is 2.38. The van der Waals surface area contributed by atoms with Gasteiger partial charge < -0.3 is 15.2 Å². The number of benzene rings is 1. The number of ether oxygens (including phenoxy) is 2. The molecule has 112 valence electrons. The zero-order chi connectivity index (χ0) is 15.1. The molecule has 2 atom stereocenters. The predicted molar refractivity (Wildman–Crippen MR) is 75.1 cm³/mol. The van der Waals surface area contributed by atoms with Gasteiger partial charge >= 0.3 is 5.97 Å². The predicted octanol–water partition coefficient (Wildman–Crippen LogP) is 2.44. The van der Waals surface area contributed by atoms with Gasteiger partial charge in [-0.15, -0.1) is 0 Å². The highest BCUT2D eigenvalue weighted by atomic mass is 19.1. The standard InChI is InChI=1S/C15H22FNO3/c1-4-13(15(18)19-5-2)20-14-11(9-10(3)17)7-6-8-12(14)16/h6-8,10,13H,4-5,9,17H2,1-3H3. The molecule has 0 saturated heterocycles.